The second-order valence-electron chi connectivity index (χ2n) is 8.37. The highest BCUT2D eigenvalue weighted by atomic mass is 14.4. The number of rotatable bonds is 5. The molecule has 0 fully saturated rings. The molecular formula is C27H32. The van der Waals surface area contributed by atoms with Crippen LogP contribution in [0.1, 0.15) is 50.8 Å². The van der Waals surface area contributed by atoms with Gasteiger partial charge in [0.25, 0.3) is 0 Å². The van der Waals surface area contributed by atoms with Gasteiger partial charge in [-0.3, -0.25) is 0 Å². The summed E-state index contributed by atoms with van der Waals surface area (Å²) in [7, 11) is 0. The molecule has 0 saturated heterocycles. The first-order valence-corrected chi connectivity index (χ1v) is 10.1. The second kappa shape index (κ2) is 7.72. The monoisotopic (exact) mass is 356 g/mol. The molecule has 140 valence electrons. The van der Waals surface area contributed by atoms with Crippen molar-refractivity contribution in [1.82, 2.24) is 0 Å². The molecule has 2 unspecified atom stereocenters. The van der Waals surface area contributed by atoms with E-state index in [4.69, 9.17) is 0 Å². The summed E-state index contributed by atoms with van der Waals surface area (Å²) in [6.07, 6.45) is 12.8. The molecule has 2 aromatic rings. The normalized spacial score (nSPS) is 21.6. The standard InChI is InChI=1S/C27H32/c1-6-26(5)19-10-13-24(18-20-26)27(21(2)3,23-11-8-7-9-12-23)25-16-14-22(4)15-17-25/h7-21H,6H2,1-5H3. The molecule has 1 aliphatic carbocycles. The van der Waals surface area contributed by atoms with Crippen LogP contribution in [0.4, 0.5) is 0 Å². The van der Waals surface area contributed by atoms with Crippen LogP contribution in [0.5, 0.6) is 0 Å². The van der Waals surface area contributed by atoms with E-state index in [9.17, 15) is 0 Å². The third-order valence-electron chi connectivity index (χ3n) is 6.22. The van der Waals surface area contributed by atoms with Crippen LogP contribution in [-0.2, 0) is 5.41 Å². The molecule has 0 aromatic heterocycles. The van der Waals surface area contributed by atoms with Gasteiger partial charge in [0.15, 0.2) is 0 Å². The third-order valence-corrected chi connectivity index (χ3v) is 6.22. The van der Waals surface area contributed by atoms with Crippen LogP contribution in [0.3, 0.4) is 0 Å². The first-order valence-electron chi connectivity index (χ1n) is 10.1. The predicted octanol–water partition coefficient (Wildman–Crippen LogP) is 7.41. The Kier molecular flexibility index (Phi) is 5.56. The summed E-state index contributed by atoms with van der Waals surface area (Å²) in [5, 5.41) is 0. The lowest BCUT2D eigenvalue weighted by Gasteiger charge is -2.40. The Morgan fingerprint density at radius 3 is 2.11 bits per heavy atom. The van der Waals surface area contributed by atoms with Crippen LogP contribution in [-0.4, -0.2) is 0 Å². The van der Waals surface area contributed by atoms with Crippen molar-refractivity contribution < 1.29 is 0 Å². The van der Waals surface area contributed by atoms with Gasteiger partial charge in [-0.15, -0.1) is 0 Å². The summed E-state index contributed by atoms with van der Waals surface area (Å²) in [4.78, 5) is 0. The van der Waals surface area contributed by atoms with Crippen LogP contribution in [0.15, 0.2) is 90.6 Å². The van der Waals surface area contributed by atoms with E-state index in [2.05, 4.69) is 120 Å². The van der Waals surface area contributed by atoms with Crippen LogP contribution in [0.2, 0.25) is 0 Å². The maximum Gasteiger partial charge on any atom is 0.0474 e. The Bertz CT molecular complexity index is 849. The Morgan fingerprint density at radius 2 is 1.52 bits per heavy atom. The highest BCUT2D eigenvalue weighted by molar-refractivity contribution is 5.55. The van der Waals surface area contributed by atoms with Crippen LogP contribution in [0, 0.1) is 18.3 Å². The average molecular weight is 357 g/mol. The van der Waals surface area contributed by atoms with E-state index < -0.39 is 0 Å². The molecule has 27 heavy (non-hydrogen) atoms. The fourth-order valence-electron chi connectivity index (χ4n) is 4.28. The van der Waals surface area contributed by atoms with Gasteiger partial charge in [-0.1, -0.05) is 118 Å². The Hall–Kier alpha value is -2.34. The first kappa shape index (κ1) is 19.4. The molecule has 0 N–H and O–H groups in total. The summed E-state index contributed by atoms with van der Waals surface area (Å²) in [6, 6.07) is 20.1. The fraction of sp³-hybridized carbons (Fsp3) is 0.333. The number of aryl methyl sites for hydroxylation is 1. The molecule has 2 aromatic carbocycles. The zero-order valence-electron chi connectivity index (χ0n) is 17.4. The molecule has 0 radical (unpaired) electrons. The third kappa shape index (κ3) is 3.58. The number of allylic oxidation sites excluding steroid dienone is 6. The van der Waals surface area contributed by atoms with Crippen molar-refractivity contribution in [2.45, 2.75) is 46.5 Å². The quantitative estimate of drug-likeness (QED) is 0.523. The summed E-state index contributed by atoms with van der Waals surface area (Å²) >= 11 is 0. The summed E-state index contributed by atoms with van der Waals surface area (Å²) in [5.74, 6) is 0.415. The highest BCUT2D eigenvalue weighted by Gasteiger charge is 2.40. The van der Waals surface area contributed by atoms with Crippen LogP contribution >= 0.6 is 0 Å². The second-order valence-corrected chi connectivity index (χ2v) is 8.37. The minimum absolute atomic E-state index is 0.116. The van der Waals surface area contributed by atoms with Gasteiger partial charge in [0.05, 0.1) is 0 Å². The van der Waals surface area contributed by atoms with Crippen molar-refractivity contribution in [2.24, 2.45) is 11.3 Å². The molecule has 0 heterocycles. The smallest absolute Gasteiger partial charge is 0.0474 e. The zero-order chi connectivity index (χ0) is 19.5. The minimum atomic E-state index is -0.172. The number of hydrogen-bond donors (Lipinski definition) is 0. The van der Waals surface area contributed by atoms with E-state index in [1.165, 1.54) is 22.3 Å². The topological polar surface area (TPSA) is 0 Å². The number of benzene rings is 2. The van der Waals surface area contributed by atoms with Crippen molar-refractivity contribution in [2.75, 3.05) is 0 Å². The maximum absolute atomic E-state index is 2.39. The molecule has 0 spiro atoms. The predicted molar refractivity (Wildman–Crippen MR) is 118 cm³/mol. The van der Waals surface area contributed by atoms with E-state index in [0.717, 1.165) is 6.42 Å². The van der Waals surface area contributed by atoms with Gasteiger partial charge in [-0.25, -0.2) is 0 Å². The average Bonchev–Trinajstić information content (AvgIpc) is 2.87. The van der Waals surface area contributed by atoms with Crippen molar-refractivity contribution in [3.05, 3.63) is 107 Å². The number of hydrogen-bond acceptors (Lipinski definition) is 0. The van der Waals surface area contributed by atoms with E-state index in [1.54, 1.807) is 0 Å². The van der Waals surface area contributed by atoms with Gasteiger partial charge in [-0.2, -0.15) is 0 Å². The van der Waals surface area contributed by atoms with Gasteiger partial charge in [0.1, 0.15) is 0 Å². The van der Waals surface area contributed by atoms with Crippen LogP contribution < -0.4 is 0 Å². The van der Waals surface area contributed by atoms with Gasteiger partial charge in [-0.05, 0) is 36.0 Å². The van der Waals surface area contributed by atoms with E-state index in [-0.39, 0.29) is 10.8 Å². The molecule has 0 heteroatoms. The summed E-state index contributed by atoms with van der Waals surface area (Å²) in [5.41, 5.74) is 5.32. The molecule has 0 saturated carbocycles. The Labute approximate surface area is 165 Å². The minimum Gasteiger partial charge on any atom is -0.0748 e. The lowest BCUT2D eigenvalue weighted by atomic mass is 9.62. The molecule has 3 rings (SSSR count). The molecule has 0 amide bonds. The van der Waals surface area contributed by atoms with Crippen molar-refractivity contribution in [3.63, 3.8) is 0 Å². The van der Waals surface area contributed by atoms with Crippen LogP contribution in [0.25, 0.3) is 0 Å². The lowest BCUT2D eigenvalue weighted by molar-refractivity contribution is 0.436. The molecule has 0 aliphatic heterocycles. The Balaban J connectivity index is 2.28. The SMILES string of the molecule is CCC1(C)C=CC=C(C(c2ccccc2)(c2ccc(C)cc2)C(C)C)C=C1. The van der Waals surface area contributed by atoms with Gasteiger partial charge in [0, 0.05) is 10.8 Å². The fourth-order valence-corrected chi connectivity index (χ4v) is 4.28. The lowest BCUT2D eigenvalue weighted by Crippen LogP contribution is -2.35. The van der Waals surface area contributed by atoms with Gasteiger partial charge < -0.3 is 0 Å². The molecule has 2 atom stereocenters. The van der Waals surface area contributed by atoms with Crippen molar-refractivity contribution >= 4 is 0 Å². The van der Waals surface area contributed by atoms with Gasteiger partial charge in [0.2, 0.25) is 0 Å². The molecule has 1 aliphatic rings. The highest BCUT2D eigenvalue weighted by Crippen LogP contribution is 2.47. The van der Waals surface area contributed by atoms with Crippen molar-refractivity contribution in [1.29, 1.82) is 0 Å². The maximum atomic E-state index is 2.39. The largest absolute Gasteiger partial charge is 0.0748 e. The van der Waals surface area contributed by atoms with Crippen molar-refractivity contribution in [3.8, 4) is 0 Å². The Morgan fingerprint density at radius 1 is 0.889 bits per heavy atom. The molecule has 0 nitrogen and oxygen atoms in total. The van der Waals surface area contributed by atoms with Gasteiger partial charge >= 0.3 is 0 Å². The van der Waals surface area contributed by atoms with E-state index >= 15 is 0 Å². The van der Waals surface area contributed by atoms with E-state index in [1.807, 2.05) is 0 Å². The zero-order valence-corrected chi connectivity index (χ0v) is 17.4. The van der Waals surface area contributed by atoms with E-state index in [0.29, 0.717) is 5.92 Å². The first-order chi connectivity index (χ1) is 12.9. The molecule has 0 bridgehead atoms. The molecular weight excluding hydrogens is 324 g/mol. The summed E-state index contributed by atoms with van der Waals surface area (Å²) in [6.45, 7) is 11.4. The summed E-state index contributed by atoms with van der Waals surface area (Å²) < 4.78 is 0.